The maximum absolute atomic E-state index is 13.1. The zero-order chi connectivity index (χ0) is 21.0. The normalized spacial score (nSPS) is 16.7. The van der Waals surface area contributed by atoms with Gasteiger partial charge < -0.3 is 24.6 Å². The van der Waals surface area contributed by atoms with Crippen molar-refractivity contribution in [3.05, 3.63) is 35.6 Å². The predicted molar refractivity (Wildman–Crippen MR) is 113 cm³/mol. The Morgan fingerprint density at radius 1 is 1.24 bits per heavy atom. The van der Waals surface area contributed by atoms with Gasteiger partial charge in [-0.1, -0.05) is 25.4 Å². The summed E-state index contributed by atoms with van der Waals surface area (Å²) >= 11 is 6.01. The van der Waals surface area contributed by atoms with Crippen molar-refractivity contribution in [1.82, 2.24) is 14.9 Å². The number of carbonyl (C=O) groups excluding carboxylic acids is 1. The average Bonchev–Trinajstić information content (AvgIpc) is 2.73. The summed E-state index contributed by atoms with van der Waals surface area (Å²) in [4.78, 5) is 25.6. The number of aromatic nitrogens is 2. The van der Waals surface area contributed by atoms with Crippen molar-refractivity contribution in [2.45, 2.75) is 19.9 Å². The van der Waals surface area contributed by atoms with Crippen molar-refractivity contribution < 1.29 is 14.3 Å². The topological polar surface area (TPSA) is 79.8 Å². The molecule has 0 bridgehead atoms. The largest absolute Gasteiger partial charge is 0.497 e. The van der Waals surface area contributed by atoms with E-state index in [0.717, 1.165) is 0 Å². The van der Waals surface area contributed by atoms with Crippen molar-refractivity contribution in [2.24, 2.45) is 5.92 Å². The molecule has 2 amide bonds. The Morgan fingerprint density at radius 2 is 2.03 bits per heavy atom. The van der Waals surface area contributed by atoms with E-state index in [4.69, 9.17) is 21.1 Å². The minimum Gasteiger partial charge on any atom is -0.497 e. The molecule has 9 heteroatoms. The van der Waals surface area contributed by atoms with Crippen LogP contribution in [0.1, 0.15) is 13.8 Å². The van der Waals surface area contributed by atoms with Gasteiger partial charge in [0.2, 0.25) is 5.95 Å². The van der Waals surface area contributed by atoms with Crippen molar-refractivity contribution >= 4 is 29.3 Å². The SMILES string of the molecule is COc1ccc(OC)c(NC(=O)N2CCN(c3nccc(Cl)n3)CC2C(C)C)c1. The summed E-state index contributed by atoms with van der Waals surface area (Å²) in [6, 6.07) is 6.76. The molecule has 1 saturated heterocycles. The smallest absolute Gasteiger partial charge is 0.322 e. The van der Waals surface area contributed by atoms with Crippen LogP contribution in [0.15, 0.2) is 30.5 Å². The van der Waals surface area contributed by atoms with Gasteiger partial charge in [0.25, 0.3) is 0 Å². The van der Waals surface area contributed by atoms with Gasteiger partial charge in [-0.05, 0) is 24.1 Å². The molecule has 1 aliphatic heterocycles. The lowest BCUT2D eigenvalue weighted by molar-refractivity contribution is 0.156. The van der Waals surface area contributed by atoms with Gasteiger partial charge in [-0.2, -0.15) is 0 Å². The van der Waals surface area contributed by atoms with E-state index in [1.54, 1.807) is 44.7 Å². The molecule has 0 spiro atoms. The number of amides is 2. The van der Waals surface area contributed by atoms with Crippen LogP contribution in [0.5, 0.6) is 11.5 Å². The number of nitrogens with zero attached hydrogens (tertiary/aromatic N) is 4. The first-order valence-corrected chi connectivity index (χ1v) is 9.84. The molecule has 3 rings (SSSR count). The van der Waals surface area contributed by atoms with E-state index in [2.05, 4.69) is 34.0 Å². The quantitative estimate of drug-likeness (QED) is 0.747. The van der Waals surface area contributed by atoms with E-state index in [-0.39, 0.29) is 18.0 Å². The van der Waals surface area contributed by atoms with Crippen LogP contribution in [0.2, 0.25) is 5.15 Å². The molecule has 2 heterocycles. The Labute approximate surface area is 175 Å². The summed E-state index contributed by atoms with van der Waals surface area (Å²) in [6.07, 6.45) is 1.64. The standard InChI is InChI=1S/C20H26ClN5O3/c1-13(2)16-12-25(19-22-8-7-18(21)24-19)9-10-26(16)20(27)23-15-11-14(28-3)5-6-17(15)29-4/h5-8,11,13,16H,9-10,12H2,1-4H3,(H,23,27). The molecule has 1 atom stereocenters. The third-order valence-corrected chi connectivity index (χ3v) is 5.20. The maximum Gasteiger partial charge on any atom is 0.322 e. The Hall–Kier alpha value is -2.74. The van der Waals surface area contributed by atoms with Gasteiger partial charge in [0.05, 0.1) is 25.9 Å². The number of benzene rings is 1. The van der Waals surface area contributed by atoms with Gasteiger partial charge in [-0.25, -0.2) is 14.8 Å². The van der Waals surface area contributed by atoms with E-state index in [0.29, 0.717) is 47.9 Å². The number of halogens is 1. The van der Waals surface area contributed by atoms with Gasteiger partial charge in [0.1, 0.15) is 16.7 Å². The molecule has 29 heavy (non-hydrogen) atoms. The van der Waals surface area contributed by atoms with E-state index in [1.807, 2.05) is 4.90 Å². The number of hydrogen-bond donors (Lipinski definition) is 1. The highest BCUT2D eigenvalue weighted by Crippen LogP contribution is 2.30. The fourth-order valence-electron chi connectivity index (χ4n) is 3.39. The number of nitrogens with one attached hydrogen (secondary N) is 1. The molecule has 0 aliphatic carbocycles. The fraction of sp³-hybridized carbons (Fsp3) is 0.450. The van der Waals surface area contributed by atoms with Crippen molar-refractivity contribution in [3.63, 3.8) is 0 Å². The second kappa shape index (κ2) is 9.17. The number of ether oxygens (including phenoxy) is 2. The molecule has 1 fully saturated rings. The minimum absolute atomic E-state index is 0.0112. The molecule has 1 unspecified atom stereocenters. The van der Waals surface area contributed by atoms with Gasteiger partial charge in [0.15, 0.2) is 0 Å². The number of rotatable bonds is 5. The zero-order valence-electron chi connectivity index (χ0n) is 17.1. The maximum atomic E-state index is 13.1. The van der Waals surface area contributed by atoms with E-state index >= 15 is 0 Å². The lowest BCUT2D eigenvalue weighted by Gasteiger charge is -2.43. The van der Waals surface area contributed by atoms with Crippen LogP contribution < -0.4 is 19.7 Å². The summed E-state index contributed by atoms with van der Waals surface area (Å²) in [5.41, 5.74) is 0.569. The molecule has 1 N–H and O–H groups in total. The number of carbonyl (C=O) groups is 1. The Bertz CT molecular complexity index is 864. The summed E-state index contributed by atoms with van der Waals surface area (Å²) in [7, 11) is 3.15. The summed E-state index contributed by atoms with van der Waals surface area (Å²) in [5.74, 6) is 2.04. The first kappa shape index (κ1) is 21.0. The van der Waals surface area contributed by atoms with Crippen LogP contribution in [0, 0.1) is 5.92 Å². The summed E-state index contributed by atoms with van der Waals surface area (Å²) < 4.78 is 10.6. The van der Waals surface area contributed by atoms with E-state index in [9.17, 15) is 4.79 Å². The van der Waals surface area contributed by atoms with Crippen LogP contribution in [0.3, 0.4) is 0 Å². The highest BCUT2D eigenvalue weighted by molar-refractivity contribution is 6.29. The van der Waals surface area contributed by atoms with Gasteiger partial charge in [-0.3, -0.25) is 0 Å². The number of hydrogen-bond acceptors (Lipinski definition) is 6. The molecule has 0 radical (unpaired) electrons. The van der Waals surface area contributed by atoms with Crippen LogP contribution in [-0.2, 0) is 0 Å². The van der Waals surface area contributed by atoms with Crippen LogP contribution in [0.25, 0.3) is 0 Å². The second-order valence-corrected chi connectivity index (χ2v) is 7.51. The molecule has 0 saturated carbocycles. The highest BCUT2D eigenvalue weighted by Gasteiger charge is 2.33. The van der Waals surface area contributed by atoms with Gasteiger partial charge >= 0.3 is 6.03 Å². The number of anilines is 2. The lowest BCUT2D eigenvalue weighted by atomic mass is 10.00. The zero-order valence-corrected chi connectivity index (χ0v) is 17.8. The second-order valence-electron chi connectivity index (χ2n) is 7.13. The monoisotopic (exact) mass is 419 g/mol. The first-order valence-electron chi connectivity index (χ1n) is 9.46. The molecule has 156 valence electrons. The molecule has 1 aromatic carbocycles. The summed E-state index contributed by atoms with van der Waals surface area (Å²) in [5, 5.41) is 3.37. The Balaban J connectivity index is 1.77. The van der Waals surface area contributed by atoms with Gasteiger partial charge in [0, 0.05) is 31.9 Å². The number of methoxy groups -OCH3 is 2. The number of urea groups is 1. The molecule has 2 aromatic rings. The van der Waals surface area contributed by atoms with Crippen LogP contribution >= 0.6 is 11.6 Å². The highest BCUT2D eigenvalue weighted by atomic mass is 35.5. The average molecular weight is 420 g/mol. The van der Waals surface area contributed by atoms with E-state index < -0.39 is 0 Å². The molecular formula is C20H26ClN5O3. The first-order chi connectivity index (χ1) is 13.9. The van der Waals surface area contributed by atoms with Crippen molar-refractivity contribution in [3.8, 4) is 11.5 Å². The fourth-order valence-corrected chi connectivity index (χ4v) is 3.52. The Morgan fingerprint density at radius 3 is 2.69 bits per heavy atom. The van der Waals surface area contributed by atoms with E-state index in [1.165, 1.54) is 0 Å². The van der Waals surface area contributed by atoms with Crippen LogP contribution in [-0.4, -0.2) is 60.8 Å². The minimum atomic E-state index is -0.179. The molecular weight excluding hydrogens is 394 g/mol. The third kappa shape index (κ3) is 4.82. The lowest BCUT2D eigenvalue weighted by Crippen LogP contribution is -2.58. The third-order valence-electron chi connectivity index (χ3n) is 4.99. The predicted octanol–water partition coefficient (Wildman–Crippen LogP) is 3.53. The molecule has 8 nitrogen and oxygen atoms in total. The Kier molecular flexibility index (Phi) is 6.64. The van der Waals surface area contributed by atoms with Crippen molar-refractivity contribution in [2.75, 3.05) is 44.1 Å². The molecule has 1 aromatic heterocycles. The van der Waals surface area contributed by atoms with Gasteiger partial charge in [-0.15, -0.1) is 0 Å². The number of piperazine rings is 1. The van der Waals surface area contributed by atoms with Crippen LogP contribution in [0.4, 0.5) is 16.4 Å². The molecule has 1 aliphatic rings. The van der Waals surface area contributed by atoms with Crippen molar-refractivity contribution in [1.29, 1.82) is 0 Å². The summed E-state index contributed by atoms with van der Waals surface area (Å²) in [6.45, 7) is 5.97.